The smallest absolute Gasteiger partial charge is 0.425 e. The standard InChI is InChI=1S/C12H23N5O3/c1-12(2,13-10(18)15-16-11(19)20-3)17-14-9-7-5-4-6-8-9/h9H,4-8H2,1-3H3,(H,16,19)(H2,13,15,18). The van der Waals surface area contributed by atoms with Crippen LogP contribution in [0.4, 0.5) is 9.59 Å². The average molecular weight is 285 g/mol. The van der Waals surface area contributed by atoms with E-state index >= 15 is 0 Å². The van der Waals surface area contributed by atoms with E-state index in [1.165, 1.54) is 26.4 Å². The first-order valence-electron chi connectivity index (χ1n) is 6.77. The fourth-order valence-corrected chi connectivity index (χ4v) is 1.92. The molecule has 0 aromatic rings. The van der Waals surface area contributed by atoms with Gasteiger partial charge in [-0.3, -0.25) is 0 Å². The molecule has 3 amide bonds. The van der Waals surface area contributed by atoms with Crippen LogP contribution in [-0.2, 0) is 4.74 Å². The summed E-state index contributed by atoms with van der Waals surface area (Å²) in [6.45, 7) is 3.47. The molecule has 1 rings (SSSR count). The Morgan fingerprint density at radius 2 is 1.80 bits per heavy atom. The van der Waals surface area contributed by atoms with Crippen LogP contribution >= 0.6 is 0 Å². The zero-order valence-electron chi connectivity index (χ0n) is 12.2. The molecule has 0 aliphatic heterocycles. The zero-order chi connectivity index (χ0) is 15.0. The van der Waals surface area contributed by atoms with Crippen molar-refractivity contribution in [2.75, 3.05) is 7.11 Å². The number of hydrogen-bond acceptors (Lipinski definition) is 5. The van der Waals surface area contributed by atoms with Crippen molar-refractivity contribution in [3.8, 4) is 0 Å². The summed E-state index contributed by atoms with van der Waals surface area (Å²) in [6, 6.07) is -0.330. The fourth-order valence-electron chi connectivity index (χ4n) is 1.92. The van der Waals surface area contributed by atoms with Crippen LogP contribution in [0.2, 0.25) is 0 Å². The molecule has 1 aliphatic rings. The van der Waals surface area contributed by atoms with Gasteiger partial charge in [0, 0.05) is 0 Å². The van der Waals surface area contributed by atoms with Crippen LogP contribution in [0.15, 0.2) is 10.2 Å². The maximum atomic E-state index is 11.5. The molecule has 0 unspecified atom stereocenters. The number of ether oxygens (including phenoxy) is 1. The molecule has 20 heavy (non-hydrogen) atoms. The number of hydrazine groups is 1. The lowest BCUT2D eigenvalue weighted by Gasteiger charge is -2.22. The van der Waals surface area contributed by atoms with Gasteiger partial charge in [0.25, 0.3) is 0 Å². The van der Waals surface area contributed by atoms with E-state index < -0.39 is 17.8 Å². The Bertz CT molecular complexity index is 364. The minimum Gasteiger partial charge on any atom is -0.452 e. The molecule has 1 aliphatic carbocycles. The third-order valence-electron chi connectivity index (χ3n) is 2.93. The van der Waals surface area contributed by atoms with Gasteiger partial charge in [-0.1, -0.05) is 19.3 Å². The van der Waals surface area contributed by atoms with Gasteiger partial charge in [-0.25, -0.2) is 20.4 Å². The molecule has 0 heterocycles. The quantitative estimate of drug-likeness (QED) is 0.546. The summed E-state index contributed by atoms with van der Waals surface area (Å²) in [5, 5.41) is 11.1. The second-order valence-electron chi connectivity index (χ2n) is 5.26. The van der Waals surface area contributed by atoms with Crippen molar-refractivity contribution >= 4 is 12.1 Å². The van der Waals surface area contributed by atoms with Crippen molar-refractivity contribution < 1.29 is 14.3 Å². The van der Waals surface area contributed by atoms with Gasteiger partial charge in [-0.05, 0) is 26.7 Å². The molecule has 1 saturated carbocycles. The molecule has 0 bridgehead atoms. The lowest BCUT2D eigenvalue weighted by molar-refractivity contribution is 0.164. The molecular weight excluding hydrogens is 262 g/mol. The summed E-state index contributed by atoms with van der Waals surface area (Å²) in [5.74, 6) is 0. The van der Waals surface area contributed by atoms with Crippen LogP contribution in [0.25, 0.3) is 0 Å². The second kappa shape index (κ2) is 7.66. The number of amides is 3. The number of rotatable bonds is 3. The number of methoxy groups -OCH3 is 1. The molecule has 3 N–H and O–H groups in total. The van der Waals surface area contributed by atoms with Crippen molar-refractivity contribution in [2.45, 2.75) is 57.7 Å². The molecule has 0 aromatic carbocycles. The molecule has 0 spiro atoms. The fraction of sp³-hybridized carbons (Fsp3) is 0.833. The zero-order valence-corrected chi connectivity index (χ0v) is 12.2. The van der Waals surface area contributed by atoms with Crippen LogP contribution in [-0.4, -0.2) is 30.9 Å². The molecule has 0 atom stereocenters. The normalized spacial score (nSPS) is 16.8. The first-order chi connectivity index (χ1) is 9.43. The number of carbonyl (C=O) groups excluding carboxylic acids is 2. The molecule has 0 saturated heterocycles. The molecule has 0 radical (unpaired) electrons. The Labute approximate surface area is 118 Å². The average Bonchev–Trinajstić information content (AvgIpc) is 2.43. The van der Waals surface area contributed by atoms with Crippen LogP contribution in [0.5, 0.6) is 0 Å². The predicted octanol–water partition coefficient (Wildman–Crippen LogP) is 2.08. The van der Waals surface area contributed by atoms with E-state index in [9.17, 15) is 9.59 Å². The maximum absolute atomic E-state index is 11.5. The maximum Gasteiger partial charge on any atom is 0.425 e. The predicted molar refractivity (Wildman–Crippen MR) is 73.0 cm³/mol. The number of hydrogen-bond donors (Lipinski definition) is 3. The van der Waals surface area contributed by atoms with Gasteiger partial charge in [-0.15, -0.1) is 0 Å². The highest BCUT2D eigenvalue weighted by Crippen LogP contribution is 2.21. The Morgan fingerprint density at radius 3 is 2.40 bits per heavy atom. The van der Waals surface area contributed by atoms with E-state index in [2.05, 4.69) is 31.1 Å². The molecule has 0 aromatic heterocycles. The molecular formula is C12H23N5O3. The minimum absolute atomic E-state index is 0.251. The Balaban J connectivity index is 2.37. The first kappa shape index (κ1) is 16.2. The highest BCUT2D eigenvalue weighted by molar-refractivity contribution is 5.77. The van der Waals surface area contributed by atoms with E-state index in [1.54, 1.807) is 13.8 Å². The van der Waals surface area contributed by atoms with Crippen LogP contribution in [0.1, 0.15) is 46.0 Å². The topological polar surface area (TPSA) is 104 Å². The van der Waals surface area contributed by atoms with E-state index in [-0.39, 0.29) is 6.04 Å². The summed E-state index contributed by atoms with van der Waals surface area (Å²) in [7, 11) is 1.21. The number of nitrogens with zero attached hydrogens (tertiary/aromatic N) is 2. The van der Waals surface area contributed by atoms with Crippen LogP contribution in [0.3, 0.4) is 0 Å². The van der Waals surface area contributed by atoms with Gasteiger partial charge in [-0.2, -0.15) is 10.2 Å². The second-order valence-corrected chi connectivity index (χ2v) is 5.26. The summed E-state index contributed by atoms with van der Waals surface area (Å²) in [4.78, 5) is 22.3. The number of nitrogens with one attached hydrogen (secondary N) is 3. The lowest BCUT2D eigenvalue weighted by atomic mass is 9.96. The van der Waals surface area contributed by atoms with E-state index in [4.69, 9.17) is 0 Å². The van der Waals surface area contributed by atoms with Gasteiger partial charge < -0.3 is 10.1 Å². The van der Waals surface area contributed by atoms with Crippen molar-refractivity contribution in [2.24, 2.45) is 10.2 Å². The van der Waals surface area contributed by atoms with E-state index in [1.807, 2.05) is 0 Å². The highest BCUT2D eigenvalue weighted by atomic mass is 16.5. The van der Waals surface area contributed by atoms with Crippen molar-refractivity contribution in [1.29, 1.82) is 0 Å². The van der Waals surface area contributed by atoms with Crippen molar-refractivity contribution in [3.05, 3.63) is 0 Å². The van der Waals surface area contributed by atoms with Crippen molar-refractivity contribution in [1.82, 2.24) is 16.2 Å². The summed E-state index contributed by atoms with van der Waals surface area (Å²) >= 11 is 0. The minimum atomic E-state index is -0.834. The molecule has 114 valence electrons. The lowest BCUT2D eigenvalue weighted by Crippen LogP contribution is -2.52. The summed E-state index contributed by atoms with van der Waals surface area (Å²) in [5.41, 5.74) is 3.38. The van der Waals surface area contributed by atoms with Gasteiger partial charge in [0.15, 0.2) is 0 Å². The molecule has 8 nitrogen and oxygen atoms in total. The highest BCUT2D eigenvalue weighted by Gasteiger charge is 2.21. The van der Waals surface area contributed by atoms with Gasteiger partial charge in [0.1, 0.15) is 5.66 Å². The Morgan fingerprint density at radius 1 is 1.15 bits per heavy atom. The summed E-state index contributed by atoms with van der Waals surface area (Å²) in [6.07, 6.45) is 4.98. The van der Waals surface area contributed by atoms with E-state index in [0.717, 1.165) is 12.8 Å². The summed E-state index contributed by atoms with van der Waals surface area (Å²) < 4.78 is 4.32. The molecule has 1 fully saturated rings. The number of carbonyl (C=O) groups is 2. The van der Waals surface area contributed by atoms with Crippen molar-refractivity contribution in [3.63, 3.8) is 0 Å². The number of azo groups is 1. The van der Waals surface area contributed by atoms with Crippen LogP contribution < -0.4 is 16.2 Å². The van der Waals surface area contributed by atoms with Crippen LogP contribution in [0, 0.1) is 0 Å². The first-order valence-corrected chi connectivity index (χ1v) is 6.77. The molecule has 8 heteroatoms. The number of urea groups is 1. The monoisotopic (exact) mass is 285 g/mol. The third-order valence-corrected chi connectivity index (χ3v) is 2.93. The van der Waals surface area contributed by atoms with Gasteiger partial charge >= 0.3 is 12.1 Å². The Kier molecular flexibility index (Phi) is 6.20. The SMILES string of the molecule is COC(=O)NNC(=O)NC(C)(C)N=NC1CCCCC1. The third kappa shape index (κ3) is 6.35. The van der Waals surface area contributed by atoms with Gasteiger partial charge in [0.2, 0.25) is 0 Å². The largest absolute Gasteiger partial charge is 0.452 e. The Hall–Kier alpha value is -1.86. The van der Waals surface area contributed by atoms with E-state index in [0.29, 0.717) is 0 Å². The van der Waals surface area contributed by atoms with Gasteiger partial charge in [0.05, 0.1) is 13.2 Å².